The first-order valence-electron chi connectivity index (χ1n) is 25.1. The third-order valence-corrected chi connectivity index (χ3v) is 11.8. The summed E-state index contributed by atoms with van der Waals surface area (Å²) in [6.07, 6.45) is 3.55. The molecule has 0 aliphatic rings. The van der Waals surface area contributed by atoms with Crippen LogP contribution in [0, 0.1) is 0 Å². The topological polar surface area (TPSA) is 123 Å². The van der Waals surface area contributed by atoms with Crippen LogP contribution in [-0.2, 0) is 55.8 Å². The van der Waals surface area contributed by atoms with Crippen LogP contribution in [-0.4, -0.2) is 76.7 Å². The molecule has 0 amide bonds. The Morgan fingerprint density at radius 3 is 0.824 bits per heavy atom. The van der Waals surface area contributed by atoms with Crippen molar-refractivity contribution in [1.29, 1.82) is 0 Å². The van der Waals surface area contributed by atoms with Crippen molar-refractivity contribution in [2.75, 3.05) is 54.5 Å². The Morgan fingerprint density at radius 1 is 0.405 bits per heavy atom. The molecule has 8 nitrogen and oxygen atoms in total. The molecular formula is C64H84Cu2N4O4. The van der Waals surface area contributed by atoms with E-state index in [1.54, 1.807) is 12.4 Å². The Kier molecular flexibility index (Phi) is 28.4. The molecule has 6 aromatic carbocycles. The summed E-state index contributed by atoms with van der Waals surface area (Å²) >= 11 is 0. The van der Waals surface area contributed by atoms with Crippen LogP contribution in [0.1, 0.15) is 151 Å². The zero-order chi connectivity index (χ0) is 53.9. The van der Waals surface area contributed by atoms with Crippen LogP contribution >= 0.6 is 0 Å². The van der Waals surface area contributed by atoms with Gasteiger partial charge in [0, 0.05) is 12.4 Å². The van der Waals surface area contributed by atoms with E-state index in [1.807, 2.05) is 123 Å². The monoisotopic (exact) mass is 1100 g/mol. The second kappa shape index (κ2) is 31.3. The molecule has 406 valence electrons. The van der Waals surface area contributed by atoms with E-state index >= 15 is 0 Å². The summed E-state index contributed by atoms with van der Waals surface area (Å²) < 4.78 is 0. The van der Waals surface area contributed by atoms with E-state index in [9.17, 15) is 20.4 Å². The van der Waals surface area contributed by atoms with Crippen molar-refractivity contribution in [3.05, 3.63) is 201 Å². The van der Waals surface area contributed by atoms with Gasteiger partial charge < -0.3 is 30.2 Å². The second-order valence-electron chi connectivity index (χ2n) is 22.9. The second-order valence-corrected chi connectivity index (χ2v) is 22.9. The van der Waals surface area contributed by atoms with Gasteiger partial charge in [-0.1, -0.05) is 240 Å². The molecule has 0 saturated heterocycles. The number of benzene rings is 6. The first kappa shape index (κ1) is 67.2. The van der Waals surface area contributed by atoms with Crippen LogP contribution in [0.3, 0.4) is 0 Å². The maximum absolute atomic E-state index is 13.3. The van der Waals surface area contributed by atoms with Crippen molar-refractivity contribution in [1.82, 2.24) is 9.80 Å². The van der Waals surface area contributed by atoms with Crippen LogP contribution in [0.25, 0.3) is 0 Å². The molecule has 0 N–H and O–H groups in total. The predicted molar refractivity (Wildman–Crippen MR) is 298 cm³/mol. The average molecular weight is 1100 g/mol. The molecule has 0 bridgehead atoms. The van der Waals surface area contributed by atoms with E-state index < -0.39 is 0 Å². The van der Waals surface area contributed by atoms with Crippen LogP contribution in [0.4, 0.5) is 0 Å². The molecule has 0 saturated carbocycles. The van der Waals surface area contributed by atoms with Gasteiger partial charge in [0.25, 0.3) is 0 Å². The summed E-state index contributed by atoms with van der Waals surface area (Å²) in [4.78, 5) is 13.6. The Bertz CT molecular complexity index is 2300. The molecule has 0 spiro atoms. The van der Waals surface area contributed by atoms with E-state index in [-0.39, 0.29) is 92.6 Å². The van der Waals surface area contributed by atoms with Crippen molar-refractivity contribution in [3.8, 4) is 11.5 Å². The van der Waals surface area contributed by atoms with Gasteiger partial charge in [0.2, 0.25) is 0 Å². The summed E-state index contributed by atoms with van der Waals surface area (Å²) in [7, 11) is 7.55. The summed E-state index contributed by atoms with van der Waals surface area (Å²) in [5, 5.41) is 46.0. The van der Waals surface area contributed by atoms with Crippen LogP contribution < -0.4 is 20.4 Å². The van der Waals surface area contributed by atoms with Crippen LogP contribution in [0.15, 0.2) is 156 Å². The zero-order valence-corrected chi connectivity index (χ0v) is 48.9. The van der Waals surface area contributed by atoms with Crippen LogP contribution in [0.2, 0.25) is 0 Å². The minimum Gasteiger partial charge on any atom is -0.872 e. The van der Waals surface area contributed by atoms with Crippen molar-refractivity contribution >= 4 is 12.4 Å². The SMILES string of the molecule is CC(C)(C)c1cc(C=NC(c2ccccc2)c2ccccc2)c([O-])c(C(C)(C)C)c1.CC(C)(C)c1cc(C=NC(c2ccccc2)c2ccccc2)c([O-])c(C(C)(C)C)c1.CN(C)CC[O-].CN(C)CC[O-].[Cu+2].[Cu+2]. The zero-order valence-electron chi connectivity index (χ0n) is 47.0. The van der Waals surface area contributed by atoms with Gasteiger partial charge in [0.1, 0.15) is 0 Å². The Hall–Kier alpha value is -4.86. The summed E-state index contributed by atoms with van der Waals surface area (Å²) in [6.45, 7) is 26.9. The van der Waals surface area contributed by atoms with Crippen molar-refractivity contribution < 1.29 is 54.6 Å². The van der Waals surface area contributed by atoms with E-state index in [4.69, 9.17) is 9.98 Å². The van der Waals surface area contributed by atoms with Crippen LogP contribution in [0.5, 0.6) is 11.5 Å². The third-order valence-electron chi connectivity index (χ3n) is 11.8. The molecule has 6 aromatic rings. The summed E-state index contributed by atoms with van der Waals surface area (Å²) in [5.74, 6) is 0.137. The minimum absolute atomic E-state index is 0. The number of hydrogen-bond acceptors (Lipinski definition) is 8. The minimum atomic E-state index is -0.223. The molecule has 6 rings (SSSR count). The molecular weight excluding hydrogens is 1020 g/mol. The number of aliphatic imine (C=N–C) groups is 2. The maximum atomic E-state index is 13.3. The van der Waals surface area contributed by atoms with Crippen molar-refractivity contribution in [3.63, 3.8) is 0 Å². The standard InChI is InChI=1S/2C28H33NO.2C4H10NO.2Cu/c2*1-27(2,3)23-17-22(26(30)24(18-23)28(4,5)6)19-29-25(20-13-9-7-10-14-20)21-15-11-8-12-16-21;2*1-5(2)3-4-6;;/h2*7-19,25,30H,1-6H3;2*3-4H2,1-2H3;;/q;;2*-1;2*+2/p-2. The Morgan fingerprint density at radius 2 is 0.649 bits per heavy atom. The molecule has 0 aromatic heterocycles. The van der Waals surface area contributed by atoms with Crippen molar-refractivity contribution in [2.45, 2.75) is 117 Å². The van der Waals surface area contributed by atoms with Crippen molar-refractivity contribution in [2.24, 2.45) is 9.98 Å². The molecule has 0 unspecified atom stereocenters. The fourth-order valence-corrected chi connectivity index (χ4v) is 7.42. The van der Waals surface area contributed by atoms with E-state index in [0.717, 1.165) is 44.5 Å². The molecule has 10 heteroatoms. The van der Waals surface area contributed by atoms with Gasteiger partial charge in [-0.25, -0.2) is 0 Å². The van der Waals surface area contributed by atoms with Gasteiger partial charge in [-0.15, -0.1) is 13.2 Å². The van der Waals surface area contributed by atoms with Gasteiger partial charge in [0.15, 0.2) is 0 Å². The van der Waals surface area contributed by atoms with Gasteiger partial charge in [-0.05, 0) is 119 Å². The number of rotatable bonds is 12. The van der Waals surface area contributed by atoms with Gasteiger partial charge in [0.05, 0.1) is 12.1 Å². The molecule has 2 radical (unpaired) electrons. The Balaban J connectivity index is 0.000000593. The number of hydrogen-bond donors (Lipinski definition) is 0. The maximum Gasteiger partial charge on any atom is 2.00 e. The third kappa shape index (κ3) is 22.2. The van der Waals surface area contributed by atoms with E-state index in [0.29, 0.717) is 24.2 Å². The first-order chi connectivity index (χ1) is 33.7. The average Bonchev–Trinajstić information content (AvgIpc) is 3.30. The summed E-state index contributed by atoms with van der Waals surface area (Å²) in [6, 6.07) is 48.8. The number of nitrogens with zero attached hydrogens (tertiary/aromatic N) is 4. The molecule has 0 fully saturated rings. The van der Waals surface area contributed by atoms with E-state index in [2.05, 4.69) is 144 Å². The Labute approximate surface area is 468 Å². The smallest absolute Gasteiger partial charge is 0.872 e. The number of likely N-dealkylation sites (N-methyl/N-ethyl adjacent to an activating group) is 2. The molecule has 0 aliphatic heterocycles. The molecule has 0 atom stereocenters. The summed E-state index contributed by atoms with van der Waals surface area (Å²) in [5.41, 5.74) is 9.19. The molecule has 0 heterocycles. The van der Waals surface area contributed by atoms with Gasteiger partial charge in [-0.2, -0.15) is 0 Å². The van der Waals surface area contributed by atoms with E-state index in [1.165, 1.54) is 0 Å². The normalized spacial score (nSPS) is 11.9. The fourth-order valence-electron chi connectivity index (χ4n) is 7.42. The largest absolute Gasteiger partial charge is 2.00 e. The quantitative estimate of drug-likeness (QED) is 0.0888. The molecule has 0 aliphatic carbocycles. The predicted octanol–water partition coefficient (Wildman–Crippen LogP) is 10.9. The van der Waals surface area contributed by atoms with Gasteiger partial charge in [-0.3, -0.25) is 9.98 Å². The first-order valence-corrected chi connectivity index (χ1v) is 25.1. The van der Waals surface area contributed by atoms with Gasteiger partial charge >= 0.3 is 34.1 Å². The molecule has 74 heavy (non-hydrogen) atoms. The fraction of sp³-hybridized carbons (Fsp3) is 0.406.